The van der Waals surface area contributed by atoms with Gasteiger partial charge in [0.05, 0.1) is 17.8 Å². The second-order valence-corrected chi connectivity index (χ2v) is 4.02. The number of para-hydroxylation sites is 1. The highest BCUT2D eigenvalue weighted by molar-refractivity contribution is 5.45. The minimum absolute atomic E-state index is 0.0144. The molecule has 1 aromatic rings. The van der Waals surface area contributed by atoms with Gasteiger partial charge in [0.15, 0.2) is 0 Å². The largest absolute Gasteiger partial charge is 0.376 e. The predicted octanol–water partition coefficient (Wildman–Crippen LogP) is 1.74. The van der Waals surface area contributed by atoms with E-state index in [9.17, 15) is 4.39 Å². The fourth-order valence-electron chi connectivity index (χ4n) is 2.00. The number of nitrogens with two attached hydrogens (primary N) is 1. The Bertz CT molecular complexity index is 340. The van der Waals surface area contributed by atoms with Gasteiger partial charge in [-0.05, 0) is 25.0 Å². The number of halogens is 1. The van der Waals surface area contributed by atoms with Crippen molar-refractivity contribution in [1.29, 1.82) is 0 Å². The zero-order chi connectivity index (χ0) is 11.4. The van der Waals surface area contributed by atoms with Crippen LogP contribution in [0.4, 0.5) is 10.1 Å². The van der Waals surface area contributed by atoms with Crippen molar-refractivity contribution in [2.75, 3.05) is 18.5 Å². The van der Waals surface area contributed by atoms with Crippen molar-refractivity contribution in [2.45, 2.75) is 25.0 Å². The Hall–Kier alpha value is -1.13. The lowest BCUT2D eigenvalue weighted by molar-refractivity contribution is 0.0972. The molecule has 1 heterocycles. The van der Waals surface area contributed by atoms with Crippen LogP contribution in [0.15, 0.2) is 24.3 Å². The van der Waals surface area contributed by atoms with Gasteiger partial charge in [-0.3, -0.25) is 0 Å². The molecule has 1 fully saturated rings. The fraction of sp³-hybridized carbons (Fsp3) is 0.500. The van der Waals surface area contributed by atoms with Gasteiger partial charge in [-0.2, -0.15) is 0 Å². The van der Waals surface area contributed by atoms with Gasteiger partial charge in [-0.15, -0.1) is 0 Å². The molecule has 1 aromatic carbocycles. The maximum atomic E-state index is 13.4. The van der Waals surface area contributed by atoms with E-state index in [1.165, 1.54) is 6.07 Å². The Labute approximate surface area is 94.8 Å². The Morgan fingerprint density at radius 1 is 1.50 bits per heavy atom. The molecule has 3 nitrogen and oxygen atoms in total. The van der Waals surface area contributed by atoms with Crippen molar-refractivity contribution >= 4 is 5.69 Å². The molecule has 2 unspecified atom stereocenters. The summed E-state index contributed by atoms with van der Waals surface area (Å²) in [6, 6.07) is 6.61. The molecule has 88 valence electrons. The molecular weight excluding hydrogens is 207 g/mol. The van der Waals surface area contributed by atoms with Gasteiger partial charge >= 0.3 is 0 Å². The highest BCUT2D eigenvalue weighted by Gasteiger charge is 2.25. The first kappa shape index (κ1) is 11.4. The highest BCUT2D eigenvalue weighted by atomic mass is 19.1. The van der Waals surface area contributed by atoms with Crippen LogP contribution in [0.2, 0.25) is 0 Å². The Kier molecular flexibility index (Phi) is 3.74. The average molecular weight is 224 g/mol. The number of anilines is 1. The highest BCUT2D eigenvalue weighted by Crippen LogP contribution is 2.20. The number of ether oxygens (including phenoxy) is 1. The number of benzene rings is 1. The molecule has 0 aromatic heterocycles. The quantitative estimate of drug-likeness (QED) is 0.819. The molecular formula is C12H17FN2O. The van der Waals surface area contributed by atoms with E-state index in [0.29, 0.717) is 12.2 Å². The van der Waals surface area contributed by atoms with Gasteiger partial charge in [0.2, 0.25) is 0 Å². The summed E-state index contributed by atoms with van der Waals surface area (Å²) in [4.78, 5) is 0. The van der Waals surface area contributed by atoms with Crippen LogP contribution in [0, 0.1) is 5.82 Å². The average Bonchev–Trinajstić information content (AvgIpc) is 2.81. The van der Waals surface area contributed by atoms with E-state index >= 15 is 0 Å². The van der Waals surface area contributed by atoms with Crippen LogP contribution in [0.5, 0.6) is 0 Å². The summed E-state index contributed by atoms with van der Waals surface area (Å²) >= 11 is 0. The molecule has 3 N–H and O–H groups in total. The topological polar surface area (TPSA) is 47.3 Å². The van der Waals surface area contributed by atoms with Crippen LogP contribution in [0.3, 0.4) is 0 Å². The van der Waals surface area contributed by atoms with Crippen LogP contribution in [0.1, 0.15) is 12.8 Å². The minimum Gasteiger partial charge on any atom is -0.376 e. The summed E-state index contributed by atoms with van der Waals surface area (Å²) in [5.41, 5.74) is 6.18. The first-order valence-corrected chi connectivity index (χ1v) is 5.64. The number of hydrogen-bond acceptors (Lipinski definition) is 3. The first-order valence-electron chi connectivity index (χ1n) is 5.64. The van der Waals surface area contributed by atoms with Crippen molar-refractivity contribution in [3.8, 4) is 0 Å². The van der Waals surface area contributed by atoms with E-state index < -0.39 is 0 Å². The van der Waals surface area contributed by atoms with E-state index in [1.807, 2.05) is 0 Å². The number of rotatable bonds is 4. The van der Waals surface area contributed by atoms with Gasteiger partial charge in [0.1, 0.15) is 5.82 Å². The summed E-state index contributed by atoms with van der Waals surface area (Å²) in [6.45, 7) is 1.22. The molecule has 2 atom stereocenters. The molecule has 2 rings (SSSR count). The lowest BCUT2D eigenvalue weighted by Gasteiger charge is -2.23. The third kappa shape index (κ3) is 2.51. The van der Waals surface area contributed by atoms with Gasteiger partial charge < -0.3 is 15.8 Å². The van der Waals surface area contributed by atoms with Crippen molar-refractivity contribution < 1.29 is 9.13 Å². The fourth-order valence-corrected chi connectivity index (χ4v) is 2.00. The van der Waals surface area contributed by atoms with E-state index in [2.05, 4.69) is 5.32 Å². The molecule has 16 heavy (non-hydrogen) atoms. The maximum Gasteiger partial charge on any atom is 0.146 e. The van der Waals surface area contributed by atoms with Gasteiger partial charge in [0.25, 0.3) is 0 Å². The maximum absolute atomic E-state index is 13.4. The molecule has 1 aliphatic heterocycles. The predicted molar refractivity (Wildman–Crippen MR) is 61.8 cm³/mol. The molecule has 4 heteroatoms. The summed E-state index contributed by atoms with van der Waals surface area (Å²) < 4.78 is 19.0. The van der Waals surface area contributed by atoms with Crippen molar-refractivity contribution in [3.63, 3.8) is 0 Å². The van der Waals surface area contributed by atoms with Crippen molar-refractivity contribution in [2.24, 2.45) is 5.73 Å². The second-order valence-electron chi connectivity index (χ2n) is 4.02. The summed E-state index contributed by atoms with van der Waals surface area (Å²) in [5, 5.41) is 3.11. The van der Waals surface area contributed by atoms with Crippen LogP contribution in [0.25, 0.3) is 0 Å². The molecule has 0 bridgehead atoms. The number of hydrogen-bond donors (Lipinski definition) is 2. The molecule has 0 saturated carbocycles. The second kappa shape index (κ2) is 5.27. The monoisotopic (exact) mass is 224 g/mol. The van der Waals surface area contributed by atoms with Crippen LogP contribution >= 0.6 is 0 Å². The first-order chi connectivity index (χ1) is 7.81. The summed E-state index contributed by atoms with van der Waals surface area (Å²) in [6.07, 6.45) is 2.15. The SMILES string of the molecule is NCC(Nc1ccccc1F)C1CCCO1. The van der Waals surface area contributed by atoms with E-state index in [4.69, 9.17) is 10.5 Å². The molecule has 0 spiro atoms. The third-order valence-electron chi connectivity index (χ3n) is 2.88. The van der Waals surface area contributed by atoms with E-state index in [-0.39, 0.29) is 18.0 Å². The van der Waals surface area contributed by atoms with Gasteiger partial charge in [-0.25, -0.2) is 4.39 Å². The van der Waals surface area contributed by atoms with Crippen LogP contribution in [-0.4, -0.2) is 25.3 Å². The molecule has 0 amide bonds. The third-order valence-corrected chi connectivity index (χ3v) is 2.88. The zero-order valence-electron chi connectivity index (χ0n) is 9.16. The molecule has 1 aliphatic rings. The van der Waals surface area contributed by atoms with Crippen LogP contribution in [-0.2, 0) is 4.74 Å². The smallest absolute Gasteiger partial charge is 0.146 e. The standard InChI is InChI=1S/C12H17FN2O/c13-9-4-1-2-5-10(9)15-11(8-14)12-6-3-7-16-12/h1-2,4-5,11-12,15H,3,6-8,14H2. The zero-order valence-corrected chi connectivity index (χ0v) is 9.16. The number of nitrogens with one attached hydrogen (secondary N) is 1. The van der Waals surface area contributed by atoms with E-state index in [0.717, 1.165) is 19.4 Å². The molecule has 0 aliphatic carbocycles. The lowest BCUT2D eigenvalue weighted by Crippen LogP contribution is -2.39. The van der Waals surface area contributed by atoms with E-state index in [1.54, 1.807) is 18.2 Å². The van der Waals surface area contributed by atoms with Crippen molar-refractivity contribution in [1.82, 2.24) is 0 Å². The summed E-state index contributed by atoms with van der Waals surface area (Å²) in [7, 11) is 0. The lowest BCUT2D eigenvalue weighted by atomic mass is 10.1. The normalized spacial score (nSPS) is 22.0. The molecule has 1 saturated heterocycles. The minimum atomic E-state index is -0.251. The van der Waals surface area contributed by atoms with Gasteiger partial charge in [-0.1, -0.05) is 12.1 Å². The Balaban J connectivity index is 2.03. The Morgan fingerprint density at radius 3 is 2.94 bits per heavy atom. The van der Waals surface area contributed by atoms with Gasteiger partial charge in [0, 0.05) is 13.2 Å². The Morgan fingerprint density at radius 2 is 2.31 bits per heavy atom. The molecule has 0 radical (unpaired) electrons. The van der Waals surface area contributed by atoms with Crippen LogP contribution < -0.4 is 11.1 Å². The van der Waals surface area contributed by atoms with Crippen molar-refractivity contribution in [3.05, 3.63) is 30.1 Å². The summed E-state index contributed by atoms with van der Waals surface area (Å²) in [5.74, 6) is -0.251.